The molecule has 0 saturated heterocycles. The second kappa shape index (κ2) is 3.97. The van der Waals surface area contributed by atoms with E-state index in [1.165, 1.54) is 24.3 Å². The number of carboxylic acids is 1. The Morgan fingerprint density at radius 1 is 1.41 bits per heavy atom. The van der Waals surface area contributed by atoms with Crippen molar-refractivity contribution < 1.29 is 22.9 Å². The second-order valence-corrected chi connectivity index (χ2v) is 5.19. The number of hydrogen-bond acceptors (Lipinski definition) is 3. The summed E-state index contributed by atoms with van der Waals surface area (Å²) in [6, 6.07) is 4.12. The van der Waals surface area contributed by atoms with Gasteiger partial charge in [-0.3, -0.25) is 4.55 Å². The zero-order valence-corrected chi connectivity index (χ0v) is 9.44. The van der Waals surface area contributed by atoms with Gasteiger partial charge < -0.3 is 5.11 Å². The fraction of sp³-hybridized carbons (Fsp3) is 0.182. The van der Waals surface area contributed by atoms with Crippen LogP contribution in [0.3, 0.4) is 0 Å². The highest BCUT2D eigenvalue weighted by atomic mass is 32.2. The summed E-state index contributed by atoms with van der Waals surface area (Å²) in [7, 11) is -4.26. The summed E-state index contributed by atoms with van der Waals surface area (Å²) in [5.41, 5.74) is 1.04. The molecule has 0 heterocycles. The number of allylic oxidation sites excluding steroid dienone is 1. The maximum absolute atomic E-state index is 11.1. The van der Waals surface area contributed by atoms with Crippen LogP contribution in [0.5, 0.6) is 0 Å². The average molecular weight is 253 g/mol. The first-order valence-corrected chi connectivity index (χ1v) is 6.30. The normalized spacial score (nSPS) is 18.8. The zero-order valence-electron chi connectivity index (χ0n) is 8.62. The van der Waals surface area contributed by atoms with Crippen LogP contribution in [0.25, 0.3) is 0 Å². The van der Waals surface area contributed by atoms with Crippen LogP contribution in [0.2, 0.25) is 0 Å². The van der Waals surface area contributed by atoms with Crippen molar-refractivity contribution in [3.8, 4) is 0 Å². The van der Waals surface area contributed by atoms with Gasteiger partial charge >= 0.3 is 5.97 Å². The highest BCUT2D eigenvalue weighted by molar-refractivity contribution is 7.86. The number of carbonyl (C=O) groups is 1. The van der Waals surface area contributed by atoms with Gasteiger partial charge in [0.2, 0.25) is 0 Å². The quantitative estimate of drug-likeness (QED) is 0.773. The summed E-state index contributed by atoms with van der Waals surface area (Å²) in [5.74, 6) is -1.07. The Morgan fingerprint density at radius 2 is 2.12 bits per heavy atom. The molecule has 0 amide bonds. The van der Waals surface area contributed by atoms with E-state index in [9.17, 15) is 13.2 Å². The first-order valence-electron chi connectivity index (χ1n) is 4.80. The molecule has 1 aliphatic carbocycles. The lowest BCUT2D eigenvalue weighted by atomic mass is 9.94. The van der Waals surface area contributed by atoms with E-state index < -0.39 is 21.3 Å². The predicted octanol–water partition coefficient (Wildman–Crippen LogP) is 1.23. The molecule has 0 aromatic heterocycles. The molecule has 1 aromatic rings. The molecule has 0 bridgehead atoms. The molecule has 6 heteroatoms. The molecule has 0 spiro atoms. The lowest BCUT2D eigenvalue weighted by Crippen LogP contribution is -2.15. The standard InChI is InChI=1S/C11H9O5S/c12-11(13)8-4-5-9-7(6-8)2-1-3-10(9)17(14,15)16/h1,4-6,10H,2H2,(H,12,13)(H,14,15,16). The smallest absolute Gasteiger partial charge is 0.335 e. The highest BCUT2D eigenvalue weighted by Gasteiger charge is 2.27. The Kier molecular flexibility index (Phi) is 2.76. The SMILES string of the molecule is O=C(O)c1ccc2c(c1)CC=[C]C2S(=O)(=O)O. The van der Waals surface area contributed by atoms with Crippen molar-refractivity contribution in [2.75, 3.05) is 0 Å². The number of aromatic carboxylic acids is 1. The number of carboxylic acid groups (broad SMARTS) is 1. The number of hydrogen-bond donors (Lipinski definition) is 2. The topological polar surface area (TPSA) is 91.7 Å². The third kappa shape index (κ3) is 2.22. The van der Waals surface area contributed by atoms with Crippen LogP contribution in [0.15, 0.2) is 24.3 Å². The molecule has 5 nitrogen and oxygen atoms in total. The van der Waals surface area contributed by atoms with Crippen LogP contribution in [0.4, 0.5) is 0 Å². The van der Waals surface area contributed by atoms with E-state index in [0.717, 1.165) is 0 Å². The van der Waals surface area contributed by atoms with E-state index in [2.05, 4.69) is 6.08 Å². The van der Waals surface area contributed by atoms with Crippen molar-refractivity contribution in [2.45, 2.75) is 11.7 Å². The lowest BCUT2D eigenvalue weighted by Gasteiger charge is -2.18. The summed E-state index contributed by atoms with van der Waals surface area (Å²) >= 11 is 0. The van der Waals surface area contributed by atoms with Gasteiger partial charge in [0.1, 0.15) is 5.25 Å². The molecule has 1 unspecified atom stereocenters. The van der Waals surface area contributed by atoms with Crippen LogP contribution >= 0.6 is 0 Å². The molecule has 17 heavy (non-hydrogen) atoms. The average Bonchev–Trinajstić information content (AvgIpc) is 2.26. The first-order chi connectivity index (χ1) is 7.89. The molecular weight excluding hydrogens is 244 g/mol. The lowest BCUT2D eigenvalue weighted by molar-refractivity contribution is 0.0696. The fourth-order valence-corrected chi connectivity index (χ4v) is 2.60. The predicted molar refractivity (Wildman–Crippen MR) is 59.2 cm³/mol. The molecule has 1 atom stereocenters. The second-order valence-electron chi connectivity index (χ2n) is 3.69. The third-order valence-electron chi connectivity index (χ3n) is 2.56. The molecule has 1 radical (unpaired) electrons. The van der Waals surface area contributed by atoms with Gasteiger partial charge in [-0.25, -0.2) is 4.79 Å². The van der Waals surface area contributed by atoms with Gasteiger partial charge in [0, 0.05) is 0 Å². The minimum atomic E-state index is -4.26. The molecule has 89 valence electrons. The molecular formula is C11H9O5S. The van der Waals surface area contributed by atoms with Crippen molar-refractivity contribution in [1.82, 2.24) is 0 Å². The van der Waals surface area contributed by atoms with Crippen LogP contribution in [0.1, 0.15) is 26.7 Å². The maximum Gasteiger partial charge on any atom is 0.335 e. The van der Waals surface area contributed by atoms with Gasteiger partial charge in [-0.15, -0.1) is 0 Å². The molecule has 2 rings (SSSR count). The Balaban J connectivity index is 2.54. The van der Waals surface area contributed by atoms with Gasteiger partial charge in [0.15, 0.2) is 0 Å². The van der Waals surface area contributed by atoms with Crippen molar-refractivity contribution >= 4 is 16.1 Å². The zero-order chi connectivity index (χ0) is 12.6. The van der Waals surface area contributed by atoms with E-state index in [-0.39, 0.29) is 5.56 Å². The van der Waals surface area contributed by atoms with E-state index in [1.807, 2.05) is 0 Å². The Bertz CT molecular complexity index is 600. The minimum absolute atomic E-state index is 0.0909. The highest BCUT2D eigenvalue weighted by Crippen LogP contribution is 2.30. The Hall–Kier alpha value is -1.66. The molecule has 1 aliphatic rings. The fourth-order valence-electron chi connectivity index (χ4n) is 1.78. The first kappa shape index (κ1) is 11.8. The van der Waals surface area contributed by atoms with E-state index >= 15 is 0 Å². The molecule has 0 fully saturated rings. The van der Waals surface area contributed by atoms with E-state index in [0.29, 0.717) is 17.5 Å². The molecule has 0 aliphatic heterocycles. The van der Waals surface area contributed by atoms with Crippen molar-refractivity contribution in [2.24, 2.45) is 0 Å². The van der Waals surface area contributed by atoms with Crippen LogP contribution in [-0.4, -0.2) is 24.0 Å². The number of benzene rings is 1. The van der Waals surface area contributed by atoms with Crippen LogP contribution in [0, 0.1) is 6.08 Å². The van der Waals surface area contributed by atoms with Crippen molar-refractivity contribution in [3.05, 3.63) is 47.0 Å². The summed E-state index contributed by atoms with van der Waals surface area (Å²) in [6.07, 6.45) is 4.44. The van der Waals surface area contributed by atoms with Gasteiger partial charge in [-0.05, 0) is 35.8 Å². The third-order valence-corrected chi connectivity index (χ3v) is 3.55. The molecule has 2 N–H and O–H groups in total. The van der Waals surface area contributed by atoms with Gasteiger partial charge in [0.25, 0.3) is 10.1 Å². The van der Waals surface area contributed by atoms with Gasteiger partial charge in [-0.1, -0.05) is 12.1 Å². The van der Waals surface area contributed by atoms with Gasteiger partial charge in [-0.2, -0.15) is 8.42 Å². The maximum atomic E-state index is 11.1. The van der Waals surface area contributed by atoms with Gasteiger partial charge in [0.05, 0.1) is 5.56 Å². The van der Waals surface area contributed by atoms with E-state index in [4.69, 9.17) is 9.66 Å². The summed E-state index contributed by atoms with van der Waals surface area (Å²) in [4.78, 5) is 10.8. The summed E-state index contributed by atoms with van der Waals surface area (Å²) < 4.78 is 31.3. The number of rotatable bonds is 2. The van der Waals surface area contributed by atoms with Crippen LogP contribution < -0.4 is 0 Å². The molecule has 0 saturated carbocycles. The van der Waals surface area contributed by atoms with Crippen molar-refractivity contribution in [3.63, 3.8) is 0 Å². The monoisotopic (exact) mass is 253 g/mol. The Labute approximate surface area is 98.1 Å². The molecule has 1 aromatic carbocycles. The Morgan fingerprint density at radius 3 is 2.71 bits per heavy atom. The van der Waals surface area contributed by atoms with Crippen molar-refractivity contribution in [1.29, 1.82) is 0 Å². The minimum Gasteiger partial charge on any atom is -0.478 e. The largest absolute Gasteiger partial charge is 0.478 e. The van der Waals surface area contributed by atoms with Crippen LogP contribution in [-0.2, 0) is 16.5 Å². The summed E-state index contributed by atoms with van der Waals surface area (Å²) in [6.45, 7) is 0. The summed E-state index contributed by atoms with van der Waals surface area (Å²) in [5, 5.41) is 7.59. The van der Waals surface area contributed by atoms with E-state index in [1.54, 1.807) is 0 Å². The number of fused-ring (bicyclic) bond motifs is 1.